The van der Waals surface area contributed by atoms with Gasteiger partial charge in [0.05, 0.1) is 15.7 Å². The average Bonchev–Trinajstić information content (AvgIpc) is 2.77. The Labute approximate surface area is 157 Å². The number of nitrogens with zero attached hydrogens (tertiary/aromatic N) is 3. The lowest BCUT2D eigenvalue weighted by Crippen LogP contribution is -2.38. The molecule has 0 spiro atoms. The Morgan fingerprint density at radius 3 is 2.72 bits per heavy atom. The van der Waals surface area contributed by atoms with E-state index in [1.54, 1.807) is 18.2 Å². The molecule has 0 bridgehead atoms. The van der Waals surface area contributed by atoms with Crippen LogP contribution in [0.1, 0.15) is 36.7 Å². The van der Waals surface area contributed by atoms with Crippen molar-refractivity contribution in [3.63, 3.8) is 0 Å². The second-order valence-electron chi connectivity index (χ2n) is 6.72. The fraction of sp³-hybridized carbons (Fsp3) is 0.389. The summed E-state index contributed by atoms with van der Waals surface area (Å²) in [5, 5.41) is 0.922. The molecule has 0 aliphatic carbocycles. The average molecular weight is 379 g/mol. The molecule has 25 heavy (non-hydrogen) atoms. The van der Waals surface area contributed by atoms with Crippen molar-refractivity contribution in [2.75, 3.05) is 13.1 Å². The molecule has 1 aromatic heterocycles. The molecule has 1 aliphatic rings. The summed E-state index contributed by atoms with van der Waals surface area (Å²) in [6.07, 6.45) is 3.98. The van der Waals surface area contributed by atoms with Crippen LogP contribution in [0, 0.1) is 0 Å². The lowest BCUT2D eigenvalue weighted by atomic mass is 9.95. The molecule has 1 aliphatic heterocycles. The van der Waals surface area contributed by atoms with Gasteiger partial charge in [-0.3, -0.25) is 4.79 Å². The van der Waals surface area contributed by atoms with Crippen molar-refractivity contribution in [1.82, 2.24) is 14.9 Å². The van der Waals surface area contributed by atoms with Crippen LogP contribution >= 0.6 is 23.2 Å². The normalized spacial score (nSPS) is 21.0. The Bertz CT molecular complexity index is 794. The van der Waals surface area contributed by atoms with Gasteiger partial charge in [-0.05, 0) is 44.4 Å². The maximum Gasteiger partial charge on any atom is 0.272 e. The topological polar surface area (TPSA) is 72.1 Å². The number of amides is 1. The molecule has 0 radical (unpaired) electrons. The summed E-state index contributed by atoms with van der Waals surface area (Å²) in [5.74, 6) is -0.0959. The number of hydrogen-bond acceptors (Lipinski definition) is 4. The van der Waals surface area contributed by atoms with E-state index in [4.69, 9.17) is 28.9 Å². The summed E-state index contributed by atoms with van der Waals surface area (Å²) in [7, 11) is 0. The zero-order chi connectivity index (χ0) is 18.0. The first-order valence-electron chi connectivity index (χ1n) is 8.21. The molecule has 1 atom stereocenters. The van der Waals surface area contributed by atoms with Crippen LogP contribution in [0.2, 0.25) is 10.0 Å². The van der Waals surface area contributed by atoms with Gasteiger partial charge in [0.25, 0.3) is 5.91 Å². The molecule has 1 aromatic carbocycles. The molecule has 0 saturated carbocycles. The van der Waals surface area contributed by atoms with E-state index in [0.29, 0.717) is 34.5 Å². The molecule has 2 aromatic rings. The maximum atomic E-state index is 12.8. The van der Waals surface area contributed by atoms with Gasteiger partial charge in [-0.15, -0.1) is 0 Å². The van der Waals surface area contributed by atoms with Gasteiger partial charge in [0.1, 0.15) is 12.0 Å². The van der Waals surface area contributed by atoms with Crippen LogP contribution in [0.3, 0.4) is 0 Å². The smallest absolute Gasteiger partial charge is 0.272 e. The van der Waals surface area contributed by atoms with E-state index in [1.165, 1.54) is 6.33 Å². The lowest BCUT2D eigenvalue weighted by Gasteiger charge is -2.23. The highest BCUT2D eigenvalue weighted by Crippen LogP contribution is 2.28. The Morgan fingerprint density at radius 2 is 1.96 bits per heavy atom. The number of carbonyl (C=O) groups excluding carboxylic acids is 1. The van der Waals surface area contributed by atoms with E-state index in [1.807, 2.05) is 17.9 Å². The first kappa shape index (κ1) is 18.1. The fourth-order valence-electron chi connectivity index (χ4n) is 2.95. The van der Waals surface area contributed by atoms with Gasteiger partial charge >= 0.3 is 0 Å². The predicted octanol–water partition coefficient (Wildman–Crippen LogP) is 3.79. The third-order valence-corrected chi connectivity index (χ3v) is 5.26. The molecule has 1 amide bonds. The van der Waals surface area contributed by atoms with Crippen LogP contribution in [-0.4, -0.2) is 39.4 Å². The van der Waals surface area contributed by atoms with Gasteiger partial charge < -0.3 is 10.6 Å². The van der Waals surface area contributed by atoms with Crippen molar-refractivity contribution in [2.45, 2.75) is 31.7 Å². The van der Waals surface area contributed by atoms with Gasteiger partial charge in [0.2, 0.25) is 0 Å². The number of carbonyl (C=O) groups is 1. The standard InChI is InChI=1S/C18H20Cl2N4O/c1-18(21)5-2-7-24(8-6-18)17(25)16-10-15(22-11-23-16)12-3-4-13(19)14(20)9-12/h3-4,9-11H,2,5-8,21H2,1H3. The van der Waals surface area contributed by atoms with Crippen molar-refractivity contribution >= 4 is 29.1 Å². The predicted molar refractivity (Wildman–Crippen MR) is 99.8 cm³/mol. The maximum absolute atomic E-state index is 12.8. The van der Waals surface area contributed by atoms with Crippen molar-refractivity contribution < 1.29 is 4.79 Å². The summed E-state index contributed by atoms with van der Waals surface area (Å²) in [6.45, 7) is 3.36. The van der Waals surface area contributed by atoms with E-state index in [-0.39, 0.29) is 11.4 Å². The molecule has 1 fully saturated rings. The number of likely N-dealkylation sites (tertiary alicyclic amines) is 1. The second-order valence-corrected chi connectivity index (χ2v) is 7.53. The van der Waals surface area contributed by atoms with Gasteiger partial charge in [-0.2, -0.15) is 0 Å². The number of rotatable bonds is 2. The van der Waals surface area contributed by atoms with Crippen LogP contribution in [0.4, 0.5) is 0 Å². The molecule has 7 heteroatoms. The monoisotopic (exact) mass is 378 g/mol. The highest BCUT2D eigenvalue weighted by molar-refractivity contribution is 6.42. The summed E-state index contributed by atoms with van der Waals surface area (Å²) in [4.78, 5) is 23.0. The molecular formula is C18H20Cl2N4O. The van der Waals surface area contributed by atoms with E-state index in [2.05, 4.69) is 9.97 Å². The van der Waals surface area contributed by atoms with Crippen molar-refractivity contribution in [1.29, 1.82) is 0 Å². The first-order valence-corrected chi connectivity index (χ1v) is 8.97. The number of nitrogens with two attached hydrogens (primary N) is 1. The fourth-order valence-corrected chi connectivity index (χ4v) is 3.25. The highest BCUT2D eigenvalue weighted by Gasteiger charge is 2.27. The number of hydrogen-bond donors (Lipinski definition) is 1. The van der Waals surface area contributed by atoms with Crippen LogP contribution < -0.4 is 5.73 Å². The van der Waals surface area contributed by atoms with E-state index < -0.39 is 0 Å². The van der Waals surface area contributed by atoms with E-state index in [0.717, 1.165) is 24.8 Å². The van der Waals surface area contributed by atoms with Crippen LogP contribution in [0.25, 0.3) is 11.3 Å². The van der Waals surface area contributed by atoms with Crippen molar-refractivity contribution in [2.24, 2.45) is 5.73 Å². The van der Waals surface area contributed by atoms with Crippen LogP contribution in [0.15, 0.2) is 30.6 Å². The van der Waals surface area contributed by atoms with Gasteiger partial charge in [0, 0.05) is 24.2 Å². The Morgan fingerprint density at radius 1 is 1.16 bits per heavy atom. The Kier molecular flexibility index (Phi) is 5.27. The largest absolute Gasteiger partial charge is 0.337 e. The minimum atomic E-state index is -0.216. The lowest BCUT2D eigenvalue weighted by molar-refractivity contribution is 0.0753. The minimum absolute atomic E-state index is 0.0959. The molecule has 2 heterocycles. The van der Waals surface area contributed by atoms with E-state index >= 15 is 0 Å². The molecule has 1 unspecified atom stereocenters. The van der Waals surface area contributed by atoms with Gasteiger partial charge in [-0.1, -0.05) is 29.3 Å². The second kappa shape index (κ2) is 7.28. The third-order valence-electron chi connectivity index (χ3n) is 4.52. The van der Waals surface area contributed by atoms with Crippen molar-refractivity contribution in [3.8, 4) is 11.3 Å². The summed E-state index contributed by atoms with van der Waals surface area (Å²) >= 11 is 12.0. The number of aromatic nitrogens is 2. The molecule has 1 saturated heterocycles. The molecule has 2 N–H and O–H groups in total. The Balaban J connectivity index is 1.83. The zero-order valence-electron chi connectivity index (χ0n) is 14.0. The molecular weight excluding hydrogens is 359 g/mol. The SMILES string of the molecule is CC1(N)CCCN(C(=O)c2cc(-c3ccc(Cl)c(Cl)c3)ncn2)CC1. The van der Waals surface area contributed by atoms with E-state index in [9.17, 15) is 4.79 Å². The van der Waals surface area contributed by atoms with Gasteiger partial charge in [0.15, 0.2) is 0 Å². The minimum Gasteiger partial charge on any atom is -0.337 e. The highest BCUT2D eigenvalue weighted by atomic mass is 35.5. The van der Waals surface area contributed by atoms with Crippen LogP contribution in [0.5, 0.6) is 0 Å². The molecule has 3 rings (SSSR count). The Hall–Kier alpha value is -1.69. The third kappa shape index (κ3) is 4.29. The molecule has 132 valence electrons. The number of benzene rings is 1. The van der Waals surface area contributed by atoms with Gasteiger partial charge in [-0.25, -0.2) is 9.97 Å². The quantitative estimate of drug-likeness (QED) is 0.862. The zero-order valence-corrected chi connectivity index (χ0v) is 15.5. The summed E-state index contributed by atoms with van der Waals surface area (Å²) < 4.78 is 0. The summed E-state index contributed by atoms with van der Waals surface area (Å²) in [5.41, 5.74) is 7.80. The van der Waals surface area contributed by atoms with Crippen molar-refractivity contribution in [3.05, 3.63) is 46.3 Å². The molecule has 5 nitrogen and oxygen atoms in total. The van der Waals surface area contributed by atoms with Crippen LogP contribution in [-0.2, 0) is 0 Å². The first-order chi connectivity index (χ1) is 11.9. The summed E-state index contributed by atoms with van der Waals surface area (Å²) in [6, 6.07) is 6.94. The number of halogens is 2.